The van der Waals surface area contributed by atoms with Gasteiger partial charge in [0.2, 0.25) is 5.56 Å². The van der Waals surface area contributed by atoms with Gasteiger partial charge in [0, 0.05) is 40.4 Å². The van der Waals surface area contributed by atoms with E-state index in [2.05, 4.69) is 27.7 Å². The second-order valence-corrected chi connectivity index (χ2v) is 12.2. The van der Waals surface area contributed by atoms with E-state index in [4.69, 9.17) is 0 Å². The number of aromatic nitrogens is 1. The lowest BCUT2D eigenvalue weighted by Crippen LogP contribution is -2.33. The molecule has 1 fully saturated rings. The first-order valence-electron chi connectivity index (χ1n) is 16.9. The molecule has 1 aliphatic carbocycles. The Morgan fingerprint density at radius 2 is 1.76 bits per heavy atom. The van der Waals surface area contributed by atoms with Crippen LogP contribution < -0.4 is 10.3 Å². The van der Waals surface area contributed by atoms with E-state index in [-0.39, 0.29) is 5.56 Å². The standard InChI is InChI=1S/C34H45F2N3O2S.2C2H6/c1-5-14-32-29(30(34(35)36)23-33(40)37-32)19-12-10-15-25(3)21-22-28(6-2)42(41)38-31-20-13-11-16-26(31)24-39(4)27-17-8-7-9-18-27;2*1-2/h5,11-14,16,19-23,27,34,38H,6-10,15,17-18,24H2,1-4H3,(H,37,40);2*1-2H3/b14-5-,19-12+,25-21+,28-22+;;. The Bertz CT molecular complexity index is 1370. The molecule has 1 aromatic heterocycles. The molecule has 256 valence electrons. The van der Waals surface area contributed by atoms with Gasteiger partial charge in [0.1, 0.15) is 11.0 Å². The van der Waals surface area contributed by atoms with Crippen molar-refractivity contribution in [2.45, 2.75) is 119 Å². The van der Waals surface area contributed by atoms with E-state index in [1.54, 1.807) is 25.2 Å². The molecule has 8 heteroatoms. The van der Waals surface area contributed by atoms with Crippen LogP contribution in [0.25, 0.3) is 12.2 Å². The number of nitrogens with zero attached hydrogens (tertiary/aromatic N) is 1. The zero-order valence-corrected chi connectivity index (χ0v) is 30.1. The third kappa shape index (κ3) is 13.7. The van der Waals surface area contributed by atoms with Crippen LogP contribution in [0.1, 0.15) is 129 Å². The lowest BCUT2D eigenvalue weighted by molar-refractivity contribution is 0.151. The number of para-hydroxylation sites is 1. The maximum atomic E-state index is 13.6. The summed E-state index contributed by atoms with van der Waals surface area (Å²) in [5.74, 6) is 0. The molecule has 0 amide bonds. The lowest BCUT2D eigenvalue weighted by Gasteiger charge is -2.31. The van der Waals surface area contributed by atoms with Crippen molar-refractivity contribution in [3.63, 3.8) is 0 Å². The molecule has 1 aliphatic rings. The van der Waals surface area contributed by atoms with Crippen molar-refractivity contribution in [1.82, 2.24) is 9.88 Å². The summed E-state index contributed by atoms with van der Waals surface area (Å²) in [5.41, 5.74) is 2.99. The number of hydrogen-bond acceptors (Lipinski definition) is 3. The summed E-state index contributed by atoms with van der Waals surface area (Å²) in [4.78, 5) is 17.6. The zero-order chi connectivity index (χ0) is 34.5. The number of hydrogen-bond donors (Lipinski definition) is 2. The van der Waals surface area contributed by atoms with Gasteiger partial charge in [-0.3, -0.25) is 9.69 Å². The Morgan fingerprint density at radius 1 is 1.09 bits per heavy atom. The molecule has 0 aliphatic heterocycles. The fraction of sp³-hybridized carbons (Fsp3) is 0.500. The highest BCUT2D eigenvalue weighted by atomic mass is 32.2. The van der Waals surface area contributed by atoms with Crippen molar-refractivity contribution in [3.8, 4) is 0 Å². The number of pyridine rings is 1. The van der Waals surface area contributed by atoms with Crippen LogP contribution in [0.2, 0.25) is 0 Å². The van der Waals surface area contributed by atoms with E-state index in [9.17, 15) is 17.8 Å². The molecule has 2 aromatic rings. The highest BCUT2D eigenvalue weighted by Gasteiger charge is 2.19. The predicted molar refractivity (Wildman–Crippen MR) is 196 cm³/mol. The van der Waals surface area contributed by atoms with Crippen LogP contribution in [-0.4, -0.2) is 27.2 Å². The molecule has 1 aromatic carbocycles. The van der Waals surface area contributed by atoms with Gasteiger partial charge in [-0.05, 0) is 76.8 Å². The summed E-state index contributed by atoms with van der Waals surface area (Å²) in [5, 5.41) is 0. The highest BCUT2D eigenvalue weighted by Crippen LogP contribution is 2.27. The first-order chi connectivity index (χ1) is 22.2. The summed E-state index contributed by atoms with van der Waals surface area (Å²) in [6.45, 7) is 14.6. The first-order valence-corrected chi connectivity index (χ1v) is 18.1. The highest BCUT2D eigenvalue weighted by molar-refractivity contribution is 7.90. The first kappa shape index (κ1) is 40.9. The number of H-pyrrole nitrogens is 1. The summed E-state index contributed by atoms with van der Waals surface area (Å²) < 4.78 is 43.7. The number of rotatable bonds is 14. The molecule has 1 unspecified atom stereocenters. The Kier molecular flexibility index (Phi) is 20.7. The summed E-state index contributed by atoms with van der Waals surface area (Å²) in [6.07, 6.45) is 16.4. The number of nitrogens with one attached hydrogen (secondary N) is 2. The van der Waals surface area contributed by atoms with E-state index < -0.39 is 23.0 Å². The van der Waals surface area contributed by atoms with Gasteiger partial charge in [-0.2, -0.15) is 0 Å². The number of benzene rings is 1. The van der Waals surface area contributed by atoms with Gasteiger partial charge in [-0.1, -0.05) is 102 Å². The van der Waals surface area contributed by atoms with Gasteiger partial charge in [0.25, 0.3) is 6.43 Å². The second-order valence-electron chi connectivity index (χ2n) is 10.9. The molecule has 0 bridgehead atoms. The molecule has 3 rings (SSSR count). The molecule has 2 N–H and O–H groups in total. The number of halogens is 2. The van der Waals surface area contributed by atoms with Crippen LogP contribution in [0.3, 0.4) is 0 Å². The minimum atomic E-state index is -2.74. The van der Waals surface area contributed by atoms with Gasteiger partial charge in [-0.25, -0.2) is 13.0 Å². The average molecular weight is 658 g/mol. The van der Waals surface area contributed by atoms with Crippen molar-refractivity contribution in [1.29, 1.82) is 0 Å². The van der Waals surface area contributed by atoms with Crippen LogP contribution in [0.15, 0.2) is 69.9 Å². The van der Waals surface area contributed by atoms with Crippen molar-refractivity contribution >= 4 is 28.8 Å². The largest absolute Gasteiger partial charge is 0.322 e. The fourth-order valence-corrected chi connectivity index (χ4v) is 6.24. The Hall–Kier alpha value is -3.10. The maximum Gasteiger partial charge on any atom is 0.264 e. The van der Waals surface area contributed by atoms with E-state index in [0.717, 1.165) is 34.3 Å². The average Bonchev–Trinajstić information content (AvgIpc) is 3.07. The van der Waals surface area contributed by atoms with Crippen LogP contribution in [0.5, 0.6) is 0 Å². The van der Waals surface area contributed by atoms with Gasteiger partial charge in [-0.15, -0.1) is 0 Å². The molecule has 5 nitrogen and oxygen atoms in total. The van der Waals surface area contributed by atoms with Crippen molar-refractivity contribution < 1.29 is 13.0 Å². The van der Waals surface area contributed by atoms with Gasteiger partial charge in [0.15, 0.2) is 0 Å². The summed E-state index contributed by atoms with van der Waals surface area (Å²) >= 11 is 0. The topological polar surface area (TPSA) is 65.2 Å². The minimum Gasteiger partial charge on any atom is -0.322 e. The molecule has 1 heterocycles. The van der Waals surface area contributed by atoms with Crippen LogP contribution >= 0.6 is 0 Å². The maximum absolute atomic E-state index is 13.6. The minimum absolute atomic E-state index is 0.275. The molecule has 46 heavy (non-hydrogen) atoms. The SMILES string of the molecule is C/C=C\c1[nH]c(=O)cc(C(F)F)c1/C=C/CC/C(C)=C/C=C(\CC)S(=O)Nc1ccccc1CN(C)C1CCCCC1.CC.CC. The fourth-order valence-electron chi connectivity index (χ4n) is 5.26. The zero-order valence-electron chi connectivity index (χ0n) is 29.3. The van der Waals surface area contributed by atoms with Crippen LogP contribution in [-0.2, 0) is 17.5 Å². The van der Waals surface area contributed by atoms with E-state index in [1.807, 2.05) is 78.0 Å². The van der Waals surface area contributed by atoms with Gasteiger partial charge < -0.3 is 9.71 Å². The van der Waals surface area contributed by atoms with Crippen LogP contribution in [0, 0.1) is 0 Å². The third-order valence-electron chi connectivity index (χ3n) is 7.68. The molecule has 0 radical (unpaired) electrons. The number of anilines is 1. The number of aromatic amines is 1. The smallest absolute Gasteiger partial charge is 0.264 e. The predicted octanol–water partition coefficient (Wildman–Crippen LogP) is 11.0. The monoisotopic (exact) mass is 657 g/mol. The van der Waals surface area contributed by atoms with E-state index >= 15 is 0 Å². The summed E-state index contributed by atoms with van der Waals surface area (Å²) in [6, 6.07) is 9.65. The molecular weight excluding hydrogens is 601 g/mol. The summed E-state index contributed by atoms with van der Waals surface area (Å²) in [7, 11) is 0.810. The van der Waals surface area contributed by atoms with Crippen molar-refractivity contribution in [2.24, 2.45) is 0 Å². The molecule has 1 atom stereocenters. The second kappa shape index (κ2) is 23.3. The Labute approximate surface area is 279 Å². The van der Waals surface area contributed by atoms with Crippen molar-refractivity contribution in [2.75, 3.05) is 11.8 Å². The number of allylic oxidation sites excluding steroid dienone is 6. The molecule has 0 saturated heterocycles. The van der Waals surface area contributed by atoms with Gasteiger partial charge >= 0.3 is 0 Å². The molecule has 0 spiro atoms. The Balaban J connectivity index is 0.00000254. The van der Waals surface area contributed by atoms with Gasteiger partial charge in [0.05, 0.1) is 5.69 Å². The normalized spacial score (nSPS) is 15.1. The Morgan fingerprint density at radius 3 is 2.39 bits per heavy atom. The molecule has 1 saturated carbocycles. The molecular formula is C38H57F2N3O2S. The van der Waals surface area contributed by atoms with Crippen LogP contribution in [0.4, 0.5) is 14.5 Å². The van der Waals surface area contributed by atoms with Crippen molar-refractivity contribution in [3.05, 3.63) is 97.9 Å². The van der Waals surface area contributed by atoms with E-state index in [1.165, 1.54) is 32.1 Å². The lowest BCUT2D eigenvalue weighted by atomic mass is 9.94. The third-order valence-corrected chi connectivity index (χ3v) is 8.99. The quantitative estimate of drug-likeness (QED) is 0.199. The van der Waals surface area contributed by atoms with E-state index in [0.29, 0.717) is 36.6 Å². The number of alkyl halides is 2.